The third-order valence-electron chi connectivity index (χ3n) is 2.53. The minimum atomic E-state index is -0.424. The number of benzene rings is 1. The molecule has 0 aliphatic carbocycles. The number of aliphatic hydroxyl groups is 1. The molecule has 0 amide bonds. The van der Waals surface area contributed by atoms with E-state index in [1.165, 1.54) is 0 Å². The molecule has 0 aliphatic rings. The summed E-state index contributed by atoms with van der Waals surface area (Å²) in [5.74, 6) is 0. The van der Waals surface area contributed by atoms with Crippen molar-refractivity contribution in [2.24, 2.45) is 0 Å². The van der Waals surface area contributed by atoms with Gasteiger partial charge in [0.1, 0.15) is 0 Å². The summed E-state index contributed by atoms with van der Waals surface area (Å²) in [6, 6.07) is 5.73. The Labute approximate surface area is 91.3 Å². The predicted octanol–water partition coefficient (Wildman–Crippen LogP) is 1.61. The molecule has 0 heterocycles. The van der Waals surface area contributed by atoms with E-state index in [1.807, 2.05) is 25.1 Å². The van der Waals surface area contributed by atoms with Crippen LogP contribution >= 0.6 is 0 Å². The first-order valence-corrected chi connectivity index (χ1v) is 5.40. The summed E-state index contributed by atoms with van der Waals surface area (Å²) in [4.78, 5) is 0. The van der Waals surface area contributed by atoms with Crippen LogP contribution in [0.2, 0.25) is 0 Å². The van der Waals surface area contributed by atoms with E-state index in [0.29, 0.717) is 0 Å². The molecule has 15 heavy (non-hydrogen) atoms. The van der Waals surface area contributed by atoms with Gasteiger partial charge in [-0.3, -0.25) is 0 Å². The zero-order valence-corrected chi connectivity index (χ0v) is 9.46. The molecule has 1 aromatic rings. The van der Waals surface area contributed by atoms with Crippen molar-refractivity contribution in [1.82, 2.24) is 5.32 Å². The van der Waals surface area contributed by atoms with Crippen LogP contribution in [0, 0.1) is 6.92 Å². The highest BCUT2D eigenvalue weighted by Crippen LogP contribution is 2.20. The van der Waals surface area contributed by atoms with Crippen LogP contribution in [0.1, 0.15) is 30.6 Å². The van der Waals surface area contributed by atoms with E-state index >= 15 is 0 Å². The van der Waals surface area contributed by atoms with Gasteiger partial charge in [-0.1, -0.05) is 19.1 Å². The topological polar surface area (TPSA) is 58.3 Å². The lowest BCUT2D eigenvalue weighted by molar-refractivity contribution is 0.167. The molecule has 0 radical (unpaired) electrons. The first kappa shape index (κ1) is 12.0. The molecule has 4 N–H and O–H groups in total. The minimum Gasteiger partial charge on any atom is -0.399 e. The van der Waals surface area contributed by atoms with Crippen molar-refractivity contribution in [3.05, 3.63) is 29.3 Å². The molecule has 0 bridgehead atoms. The van der Waals surface area contributed by atoms with E-state index in [-0.39, 0.29) is 0 Å². The van der Waals surface area contributed by atoms with Gasteiger partial charge in [0.25, 0.3) is 0 Å². The summed E-state index contributed by atoms with van der Waals surface area (Å²) in [5.41, 5.74) is 8.48. The Balaban J connectivity index is 2.57. The zero-order valence-electron chi connectivity index (χ0n) is 9.46. The number of nitrogen functional groups attached to an aromatic ring is 1. The molecule has 0 saturated heterocycles. The van der Waals surface area contributed by atoms with Crippen LogP contribution in [0.25, 0.3) is 0 Å². The van der Waals surface area contributed by atoms with Crippen molar-refractivity contribution in [3.63, 3.8) is 0 Å². The maximum absolute atomic E-state index is 9.87. The third-order valence-corrected chi connectivity index (χ3v) is 2.53. The van der Waals surface area contributed by atoms with Gasteiger partial charge in [-0.15, -0.1) is 0 Å². The molecule has 1 aromatic carbocycles. The molecule has 3 nitrogen and oxygen atoms in total. The van der Waals surface area contributed by atoms with Gasteiger partial charge in [-0.25, -0.2) is 0 Å². The molecule has 0 fully saturated rings. The molecule has 84 valence electrons. The Kier molecular flexibility index (Phi) is 4.59. The van der Waals surface area contributed by atoms with Crippen LogP contribution in [0.15, 0.2) is 18.2 Å². The molecule has 0 aliphatic heterocycles. The van der Waals surface area contributed by atoms with Gasteiger partial charge in [-0.2, -0.15) is 0 Å². The highest BCUT2D eigenvalue weighted by atomic mass is 16.3. The summed E-state index contributed by atoms with van der Waals surface area (Å²) in [6.45, 7) is 5.77. The van der Waals surface area contributed by atoms with Crippen LogP contribution in [0.5, 0.6) is 0 Å². The van der Waals surface area contributed by atoms with Crippen molar-refractivity contribution in [1.29, 1.82) is 0 Å². The maximum Gasteiger partial charge on any atom is 0.0802 e. The lowest BCUT2D eigenvalue weighted by atomic mass is 10.0. The third kappa shape index (κ3) is 3.53. The van der Waals surface area contributed by atoms with Crippen molar-refractivity contribution < 1.29 is 5.11 Å². The Morgan fingerprint density at radius 2 is 2.20 bits per heavy atom. The smallest absolute Gasteiger partial charge is 0.0802 e. The highest BCUT2D eigenvalue weighted by molar-refractivity contribution is 5.48. The number of hydrogen-bond acceptors (Lipinski definition) is 3. The van der Waals surface area contributed by atoms with Gasteiger partial charge in [0.15, 0.2) is 0 Å². The second-order valence-corrected chi connectivity index (χ2v) is 3.77. The number of anilines is 1. The van der Waals surface area contributed by atoms with E-state index in [1.54, 1.807) is 0 Å². The molecular weight excluding hydrogens is 188 g/mol. The monoisotopic (exact) mass is 208 g/mol. The minimum absolute atomic E-state index is 0.424. The molecule has 1 rings (SSSR count). The quantitative estimate of drug-likeness (QED) is 0.509. The van der Waals surface area contributed by atoms with E-state index in [0.717, 1.165) is 36.3 Å². The van der Waals surface area contributed by atoms with Crippen LogP contribution in [-0.2, 0) is 0 Å². The second-order valence-electron chi connectivity index (χ2n) is 3.77. The van der Waals surface area contributed by atoms with E-state index in [4.69, 9.17) is 5.73 Å². The lowest BCUT2D eigenvalue weighted by Crippen LogP contribution is -2.16. The van der Waals surface area contributed by atoms with Crippen LogP contribution in [-0.4, -0.2) is 18.2 Å². The van der Waals surface area contributed by atoms with E-state index < -0.39 is 6.10 Å². The largest absolute Gasteiger partial charge is 0.399 e. The number of nitrogens with two attached hydrogens (primary N) is 1. The zero-order chi connectivity index (χ0) is 11.3. The summed E-state index contributed by atoms with van der Waals surface area (Å²) in [7, 11) is 0. The molecule has 3 heteroatoms. The predicted molar refractivity (Wildman–Crippen MR) is 63.7 cm³/mol. The molecule has 0 aromatic heterocycles. The average Bonchev–Trinajstić information content (AvgIpc) is 2.22. The van der Waals surface area contributed by atoms with Crippen molar-refractivity contribution in [2.75, 3.05) is 18.8 Å². The summed E-state index contributed by atoms with van der Waals surface area (Å²) < 4.78 is 0. The fourth-order valence-electron chi connectivity index (χ4n) is 1.45. The molecule has 1 unspecified atom stereocenters. The van der Waals surface area contributed by atoms with E-state index in [9.17, 15) is 5.11 Å². The van der Waals surface area contributed by atoms with Gasteiger partial charge in [-0.05, 0) is 43.6 Å². The van der Waals surface area contributed by atoms with Crippen molar-refractivity contribution in [3.8, 4) is 0 Å². The van der Waals surface area contributed by atoms with Crippen LogP contribution < -0.4 is 11.1 Å². The number of rotatable bonds is 5. The second kappa shape index (κ2) is 5.73. The Morgan fingerprint density at radius 3 is 2.80 bits per heavy atom. The molecule has 0 saturated carbocycles. The van der Waals surface area contributed by atoms with E-state index in [2.05, 4.69) is 12.2 Å². The number of aryl methyl sites for hydroxylation is 1. The Bertz CT molecular complexity index is 312. The van der Waals surface area contributed by atoms with Gasteiger partial charge in [0.05, 0.1) is 6.10 Å². The summed E-state index contributed by atoms with van der Waals surface area (Å²) in [6.07, 6.45) is 0.294. The number of hydrogen-bond donors (Lipinski definition) is 3. The van der Waals surface area contributed by atoms with Crippen molar-refractivity contribution >= 4 is 5.69 Å². The van der Waals surface area contributed by atoms with Crippen molar-refractivity contribution in [2.45, 2.75) is 26.4 Å². The molecule has 1 atom stereocenters. The average molecular weight is 208 g/mol. The standard InChI is InChI=1S/C12H20N2O/c1-3-14-7-6-12(15)10-5-4-9(2)11(13)8-10/h4-5,8,12,14-15H,3,6-7,13H2,1-2H3. The summed E-state index contributed by atoms with van der Waals surface area (Å²) >= 11 is 0. The Hall–Kier alpha value is -1.06. The maximum atomic E-state index is 9.87. The fraction of sp³-hybridized carbons (Fsp3) is 0.500. The number of nitrogens with one attached hydrogen (secondary N) is 1. The SMILES string of the molecule is CCNCCC(O)c1ccc(C)c(N)c1. The van der Waals surface area contributed by atoms with Gasteiger partial charge >= 0.3 is 0 Å². The first-order chi connectivity index (χ1) is 7.15. The molecule has 0 spiro atoms. The fourth-order valence-corrected chi connectivity index (χ4v) is 1.45. The normalized spacial score (nSPS) is 12.7. The van der Waals surface area contributed by atoms with Crippen LogP contribution in [0.4, 0.5) is 5.69 Å². The van der Waals surface area contributed by atoms with Gasteiger partial charge in [0.2, 0.25) is 0 Å². The highest BCUT2D eigenvalue weighted by Gasteiger charge is 2.07. The van der Waals surface area contributed by atoms with Gasteiger partial charge in [0, 0.05) is 5.69 Å². The Morgan fingerprint density at radius 1 is 1.47 bits per heavy atom. The molecular formula is C12H20N2O. The van der Waals surface area contributed by atoms with Crippen LogP contribution in [0.3, 0.4) is 0 Å². The van der Waals surface area contributed by atoms with Gasteiger partial charge < -0.3 is 16.2 Å². The first-order valence-electron chi connectivity index (χ1n) is 5.40. The lowest BCUT2D eigenvalue weighted by Gasteiger charge is -2.12. The number of aliphatic hydroxyl groups excluding tert-OH is 1. The summed E-state index contributed by atoms with van der Waals surface area (Å²) in [5, 5.41) is 13.1.